The van der Waals surface area contributed by atoms with Gasteiger partial charge >= 0.3 is 6.09 Å². The Hall–Kier alpha value is -3.47. The average Bonchev–Trinajstić information content (AvgIpc) is 3.48. The fraction of sp³-hybridized carbons (Fsp3) is 0.645. The van der Waals surface area contributed by atoms with Crippen molar-refractivity contribution < 1.29 is 33.3 Å². The van der Waals surface area contributed by atoms with Gasteiger partial charge in [0.15, 0.2) is 0 Å². The topological polar surface area (TPSA) is 129 Å². The number of hydrogen-bond donors (Lipinski definition) is 1. The molecule has 226 valence electrons. The van der Waals surface area contributed by atoms with Crippen LogP contribution in [-0.2, 0) is 25.5 Å². The highest BCUT2D eigenvalue weighted by Gasteiger charge is 2.55. The number of nitrogens with one attached hydrogen (secondary N) is 1. The molecule has 11 nitrogen and oxygen atoms in total. The molecule has 1 aromatic heterocycles. The lowest BCUT2D eigenvalue weighted by Crippen LogP contribution is -2.64. The molecule has 2 amide bonds. The zero-order valence-electron chi connectivity index (χ0n) is 24.8. The van der Waals surface area contributed by atoms with Gasteiger partial charge in [-0.05, 0) is 44.7 Å². The van der Waals surface area contributed by atoms with Crippen molar-refractivity contribution in [2.75, 3.05) is 26.9 Å². The predicted octanol–water partition coefficient (Wildman–Crippen LogP) is 3.46. The van der Waals surface area contributed by atoms with Gasteiger partial charge in [-0.3, -0.25) is 4.79 Å². The molecule has 1 aliphatic carbocycles. The molecule has 6 atom stereocenters. The molecule has 0 spiro atoms. The summed E-state index contributed by atoms with van der Waals surface area (Å²) in [5.74, 6) is 0.712. The van der Waals surface area contributed by atoms with Crippen LogP contribution < -0.4 is 14.8 Å². The third kappa shape index (κ3) is 5.27. The van der Waals surface area contributed by atoms with Crippen molar-refractivity contribution in [2.45, 2.75) is 83.1 Å². The first-order valence-corrected chi connectivity index (χ1v) is 15.0. The number of methoxy groups -OCH3 is 1. The minimum atomic E-state index is -0.907. The van der Waals surface area contributed by atoms with Crippen LogP contribution in [0.4, 0.5) is 4.79 Å². The van der Waals surface area contributed by atoms with E-state index in [0.29, 0.717) is 36.8 Å². The highest BCUT2D eigenvalue weighted by Crippen LogP contribution is 2.50. The van der Waals surface area contributed by atoms with Crippen LogP contribution in [0.2, 0.25) is 0 Å². The molecular weight excluding hydrogens is 540 g/mol. The lowest BCUT2D eigenvalue weighted by molar-refractivity contribution is -0.157. The predicted molar refractivity (Wildman–Crippen MR) is 152 cm³/mol. The molecule has 2 bridgehead atoms. The maximum atomic E-state index is 14.1. The van der Waals surface area contributed by atoms with Crippen LogP contribution in [0, 0.1) is 17.3 Å². The van der Waals surface area contributed by atoms with Gasteiger partial charge in [-0.1, -0.05) is 26.7 Å². The van der Waals surface area contributed by atoms with Crippen LogP contribution in [0.3, 0.4) is 0 Å². The third-order valence-electron chi connectivity index (χ3n) is 9.67. The molecule has 4 aliphatic rings. The van der Waals surface area contributed by atoms with Gasteiger partial charge in [0.05, 0.1) is 43.9 Å². The first-order chi connectivity index (χ1) is 20.1. The standard InChI is InChI=1S/C31H40N4O7/c1-18-24(15-36)35-14-25(18)41-27-22(32-21-11-10-20(39-4)12-23(21)33-27)9-7-5-6-8-19-13-31(19,3)42-29(38)34-26(28(35)37)30(2)16-40-17-30/h10-12,15,18-19,24-26H,5-9,13-14,16-17H2,1-4H3,(H,34,38)/t18-,19+,24+,25-,26+,31+/m0/s1. The second-order valence-corrected chi connectivity index (χ2v) is 12.9. The minimum absolute atomic E-state index is 0.171. The zero-order chi connectivity index (χ0) is 29.6. The average molecular weight is 581 g/mol. The van der Waals surface area contributed by atoms with E-state index in [1.807, 2.05) is 39.0 Å². The number of amides is 2. The van der Waals surface area contributed by atoms with Crippen molar-refractivity contribution in [1.82, 2.24) is 20.2 Å². The van der Waals surface area contributed by atoms with Gasteiger partial charge in [0, 0.05) is 23.3 Å². The second-order valence-electron chi connectivity index (χ2n) is 12.9. The third-order valence-corrected chi connectivity index (χ3v) is 9.67. The Balaban J connectivity index is 1.34. The number of rotatable bonds is 3. The summed E-state index contributed by atoms with van der Waals surface area (Å²) in [6, 6.07) is 3.94. The van der Waals surface area contributed by atoms with Crippen LogP contribution >= 0.6 is 0 Å². The highest BCUT2D eigenvalue weighted by molar-refractivity contribution is 5.89. The van der Waals surface area contributed by atoms with Gasteiger partial charge < -0.3 is 34.0 Å². The second kappa shape index (κ2) is 11.0. The summed E-state index contributed by atoms with van der Waals surface area (Å²) in [6.07, 6.45) is 5.03. The maximum absolute atomic E-state index is 14.1. The molecule has 42 heavy (non-hydrogen) atoms. The summed E-state index contributed by atoms with van der Waals surface area (Å²) < 4.78 is 23.2. The number of ether oxygens (including phenoxy) is 4. The first-order valence-electron chi connectivity index (χ1n) is 15.0. The Morgan fingerprint density at radius 1 is 1.12 bits per heavy atom. The number of aromatic nitrogens is 2. The van der Waals surface area contributed by atoms with Crippen molar-refractivity contribution in [2.24, 2.45) is 17.3 Å². The van der Waals surface area contributed by atoms with E-state index in [0.717, 1.165) is 49.6 Å². The summed E-state index contributed by atoms with van der Waals surface area (Å²) in [7, 11) is 1.60. The van der Waals surface area contributed by atoms with Gasteiger partial charge in [0.25, 0.3) is 0 Å². The lowest BCUT2D eigenvalue weighted by atomic mass is 9.79. The molecule has 2 saturated heterocycles. The SMILES string of the molecule is COc1ccc2nc3c(nc2c1)O[C@H]1CN(C(=O)[C@H](C2(C)COC2)NC(=O)O[C@]2(C)C[C@H]2CCCCC3)[C@H](C=O)[C@@H]1C. The number of fused-ring (bicyclic) bond motifs is 5. The lowest BCUT2D eigenvalue weighted by Gasteiger charge is -2.44. The number of alkyl carbamates (subject to hydrolysis) is 1. The van der Waals surface area contributed by atoms with E-state index >= 15 is 0 Å². The molecule has 6 rings (SSSR count). The van der Waals surface area contributed by atoms with Crippen molar-refractivity contribution in [3.05, 3.63) is 23.9 Å². The van der Waals surface area contributed by atoms with Crippen LogP contribution in [0.1, 0.15) is 58.6 Å². The fourth-order valence-electron chi connectivity index (χ4n) is 6.62. The summed E-state index contributed by atoms with van der Waals surface area (Å²) in [5, 5.41) is 2.86. The normalized spacial score (nSPS) is 33.0. The summed E-state index contributed by atoms with van der Waals surface area (Å²) in [4.78, 5) is 50.9. The number of nitrogens with zero attached hydrogens (tertiary/aromatic N) is 3. The Morgan fingerprint density at radius 2 is 1.93 bits per heavy atom. The van der Waals surface area contributed by atoms with Gasteiger partial charge in [-0.25, -0.2) is 14.8 Å². The van der Waals surface area contributed by atoms with Crippen molar-refractivity contribution >= 4 is 29.3 Å². The van der Waals surface area contributed by atoms with Gasteiger partial charge in [-0.15, -0.1) is 0 Å². The molecule has 0 radical (unpaired) electrons. The van der Waals surface area contributed by atoms with Gasteiger partial charge in [0.2, 0.25) is 11.8 Å². The number of carbonyl (C=O) groups is 3. The Bertz CT molecular complexity index is 1380. The van der Waals surface area contributed by atoms with E-state index in [1.54, 1.807) is 7.11 Å². The Morgan fingerprint density at radius 3 is 2.64 bits per heavy atom. The van der Waals surface area contributed by atoms with Crippen LogP contribution in [0.5, 0.6) is 11.6 Å². The molecule has 2 aromatic rings. The highest BCUT2D eigenvalue weighted by atomic mass is 16.6. The number of aldehydes is 1. The molecule has 3 fully saturated rings. The Labute approximate surface area is 245 Å². The number of benzene rings is 1. The zero-order valence-corrected chi connectivity index (χ0v) is 24.8. The molecule has 11 heteroatoms. The fourth-order valence-corrected chi connectivity index (χ4v) is 6.62. The number of hydrogen-bond acceptors (Lipinski definition) is 9. The summed E-state index contributed by atoms with van der Waals surface area (Å²) >= 11 is 0. The van der Waals surface area contributed by atoms with E-state index in [-0.39, 0.29) is 24.3 Å². The summed E-state index contributed by atoms with van der Waals surface area (Å²) in [5.41, 5.74) is 1.01. The van der Waals surface area contributed by atoms with Gasteiger partial charge in [0.1, 0.15) is 35.5 Å². The first kappa shape index (κ1) is 28.6. The molecule has 3 aliphatic heterocycles. The van der Waals surface area contributed by atoms with E-state index in [4.69, 9.17) is 28.9 Å². The van der Waals surface area contributed by atoms with Crippen molar-refractivity contribution in [1.29, 1.82) is 0 Å². The Kier molecular flexibility index (Phi) is 7.49. The van der Waals surface area contributed by atoms with Crippen LogP contribution in [-0.4, -0.2) is 83.8 Å². The van der Waals surface area contributed by atoms with Crippen molar-refractivity contribution in [3.8, 4) is 11.6 Å². The van der Waals surface area contributed by atoms with E-state index < -0.39 is 35.3 Å². The maximum Gasteiger partial charge on any atom is 0.408 e. The number of aryl methyl sites for hydroxylation is 1. The van der Waals surface area contributed by atoms with E-state index in [9.17, 15) is 14.4 Å². The van der Waals surface area contributed by atoms with Crippen LogP contribution in [0.15, 0.2) is 18.2 Å². The largest absolute Gasteiger partial charge is 0.497 e. The van der Waals surface area contributed by atoms with Crippen molar-refractivity contribution in [3.63, 3.8) is 0 Å². The van der Waals surface area contributed by atoms with E-state index in [1.165, 1.54) is 4.90 Å². The molecule has 0 unspecified atom stereocenters. The summed E-state index contributed by atoms with van der Waals surface area (Å²) in [6.45, 7) is 6.57. The smallest absolute Gasteiger partial charge is 0.408 e. The monoisotopic (exact) mass is 580 g/mol. The van der Waals surface area contributed by atoms with E-state index in [2.05, 4.69) is 5.32 Å². The molecule has 1 aromatic carbocycles. The number of carbonyl (C=O) groups excluding carboxylic acids is 3. The molecular formula is C31H40N4O7. The quantitative estimate of drug-likeness (QED) is 0.543. The minimum Gasteiger partial charge on any atom is -0.497 e. The molecule has 1 N–H and O–H groups in total. The van der Waals surface area contributed by atoms with Crippen LogP contribution in [0.25, 0.3) is 11.0 Å². The molecule has 1 saturated carbocycles. The molecule has 4 heterocycles. The van der Waals surface area contributed by atoms with Gasteiger partial charge in [-0.2, -0.15) is 0 Å².